The van der Waals surface area contributed by atoms with E-state index < -0.39 is 5.60 Å². The molecule has 94 valence electrons. The van der Waals surface area contributed by atoms with Crippen LogP contribution in [0.1, 0.15) is 18.4 Å². The SMILES string of the molecule is Cc1cc(OCC2(O)CCNCC2)ccc1F. The molecule has 0 saturated carbocycles. The average Bonchev–Trinajstić information content (AvgIpc) is 2.32. The quantitative estimate of drug-likeness (QED) is 0.842. The van der Waals surface area contributed by atoms with Gasteiger partial charge in [0.25, 0.3) is 0 Å². The van der Waals surface area contributed by atoms with Gasteiger partial charge in [0, 0.05) is 0 Å². The van der Waals surface area contributed by atoms with E-state index in [9.17, 15) is 9.50 Å². The minimum absolute atomic E-state index is 0.238. The van der Waals surface area contributed by atoms with Gasteiger partial charge in [0.1, 0.15) is 23.8 Å². The molecule has 0 amide bonds. The van der Waals surface area contributed by atoms with E-state index in [-0.39, 0.29) is 12.4 Å². The van der Waals surface area contributed by atoms with E-state index in [4.69, 9.17) is 4.74 Å². The Kier molecular flexibility index (Phi) is 3.64. The Morgan fingerprint density at radius 3 is 2.76 bits per heavy atom. The second-order valence-electron chi connectivity index (χ2n) is 4.67. The van der Waals surface area contributed by atoms with Gasteiger partial charge in [-0.1, -0.05) is 0 Å². The Morgan fingerprint density at radius 1 is 1.41 bits per heavy atom. The molecule has 1 aliphatic heterocycles. The molecule has 3 nitrogen and oxygen atoms in total. The zero-order chi connectivity index (χ0) is 12.3. The van der Waals surface area contributed by atoms with E-state index in [0.717, 1.165) is 13.1 Å². The fraction of sp³-hybridized carbons (Fsp3) is 0.538. The van der Waals surface area contributed by atoms with Gasteiger partial charge in [0.15, 0.2) is 0 Å². The third-order valence-electron chi connectivity index (χ3n) is 3.17. The van der Waals surface area contributed by atoms with Gasteiger partial charge in [-0.25, -0.2) is 4.39 Å². The predicted molar refractivity (Wildman–Crippen MR) is 63.7 cm³/mol. The largest absolute Gasteiger partial charge is 0.491 e. The number of hydrogen-bond donors (Lipinski definition) is 2. The molecule has 0 bridgehead atoms. The number of benzene rings is 1. The van der Waals surface area contributed by atoms with Gasteiger partial charge < -0.3 is 15.2 Å². The highest BCUT2D eigenvalue weighted by Gasteiger charge is 2.29. The van der Waals surface area contributed by atoms with E-state index in [1.54, 1.807) is 19.1 Å². The molecule has 0 radical (unpaired) electrons. The van der Waals surface area contributed by atoms with Crippen LogP contribution in [0.15, 0.2) is 18.2 Å². The highest BCUT2D eigenvalue weighted by atomic mass is 19.1. The zero-order valence-electron chi connectivity index (χ0n) is 10.0. The Labute approximate surface area is 101 Å². The van der Waals surface area contributed by atoms with Gasteiger partial charge in [-0.05, 0) is 56.6 Å². The maximum absolute atomic E-state index is 13.1. The smallest absolute Gasteiger partial charge is 0.126 e. The lowest BCUT2D eigenvalue weighted by Crippen LogP contribution is -2.45. The molecular weight excluding hydrogens is 221 g/mol. The first-order valence-corrected chi connectivity index (χ1v) is 5.91. The number of rotatable bonds is 3. The van der Waals surface area contributed by atoms with Crippen molar-refractivity contribution in [2.45, 2.75) is 25.4 Å². The van der Waals surface area contributed by atoms with Gasteiger partial charge in [0.05, 0.1) is 0 Å². The molecule has 0 aliphatic carbocycles. The lowest BCUT2D eigenvalue weighted by Gasteiger charge is -2.32. The number of halogens is 1. The molecule has 1 fully saturated rings. The summed E-state index contributed by atoms with van der Waals surface area (Å²) >= 11 is 0. The van der Waals surface area contributed by atoms with Crippen LogP contribution < -0.4 is 10.1 Å². The minimum atomic E-state index is -0.756. The van der Waals surface area contributed by atoms with Gasteiger partial charge in [0.2, 0.25) is 0 Å². The Bertz CT molecular complexity index is 389. The average molecular weight is 239 g/mol. The number of aryl methyl sites for hydroxylation is 1. The van der Waals surface area contributed by atoms with Crippen molar-refractivity contribution in [2.75, 3.05) is 19.7 Å². The molecule has 2 rings (SSSR count). The molecule has 1 aromatic carbocycles. The monoisotopic (exact) mass is 239 g/mol. The molecule has 0 spiro atoms. The predicted octanol–water partition coefficient (Wildman–Crippen LogP) is 1.63. The van der Waals surface area contributed by atoms with E-state index in [1.165, 1.54) is 6.07 Å². The van der Waals surface area contributed by atoms with Crippen LogP contribution in [0.2, 0.25) is 0 Å². The maximum Gasteiger partial charge on any atom is 0.126 e. The lowest BCUT2D eigenvalue weighted by molar-refractivity contribution is -0.0286. The molecule has 0 aromatic heterocycles. The van der Waals surface area contributed by atoms with Gasteiger partial charge in [-0.2, -0.15) is 0 Å². The fourth-order valence-corrected chi connectivity index (χ4v) is 1.96. The van der Waals surface area contributed by atoms with Crippen LogP contribution in [0.25, 0.3) is 0 Å². The Morgan fingerprint density at radius 2 is 2.12 bits per heavy atom. The second kappa shape index (κ2) is 5.02. The van der Waals surface area contributed by atoms with Gasteiger partial charge in [-0.15, -0.1) is 0 Å². The van der Waals surface area contributed by atoms with E-state index in [1.807, 2.05) is 0 Å². The van der Waals surface area contributed by atoms with E-state index >= 15 is 0 Å². The first kappa shape index (κ1) is 12.3. The normalized spacial score (nSPS) is 19.0. The molecule has 1 aliphatic rings. The summed E-state index contributed by atoms with van der Waals surface area (Å²) in [6, 6.07) is 4.63. The third-order valence-corrected chi connectivity index (χ3v) is 3.17. The van der Waals surface area contributed by atoms with Crippen molar-refractivity contribution in [1.29, 1.82) is 0 Å². The number of ether oxygens (including phenoxy) is 1. The first-order chi connectivity index (χ1) is 8.09. The van der Waals surface area contributed by atoms with Crippen molar-refractivity contribution >= 4 is 0 Å². The summed E-state index contributed by atoms with van der Waals surface area (Å²) < 4.78 is 18.6. The molecular formula is C13H18FNO2. The van der Waals surface area contributed by atoms with Gasteiger partial charge >= 0.3 is 0 Å². The Balaban J connectivity index is 1.94. The molecule has 2 N–H and O–H groups in total. The second-order valence-corrected chi connectivity index (χ2v) is 4.67. The fourth-order valence-electron chi connectivity index (χ4n) is 1.96. The molecule has 1 heterocycles. The van der Waals surface area contributed by atoms with Crippen molar-refractivity contribution in [3.8, 4) is 5.75 Å². The lowest BCUT2D eigenvalue weighted by atomic mass is 9.93. The van der Waals surface area contributed by atoms with Crippen molar-refractivity contribution in [3.05, 3.63) is 29.6 Å². The highest BCUT2D eigenvalue weighted by molar-refractivity contribution is 5.28. The van der Waals surface area contributed by atoms with Crippen LogP contribution in [0.3, 0.4) is 0 Å². The van der Waals surface area contributed by atoms with Gasteiger partial charge in [-0.3, -0.25) is 0 Å². The van der Waals surface area contributed by atoms with Crippen molar-refractivity contribution in [3.63, 3.8) is 0 Å². The van der Waals surface area contributed by atoms with E-state index in [0.29, 0.717) is 24.2 Å². The van der Waals surface area contributed by atoms with Crippen LogP contribution in [0, 0.1) is 12.7 Å². The zero-order valence-corrected chi connectivity index (χ0v) is 10.0. The first-order valence-electron chi connectivity index (χ1n) is 5.91. The third kappa shape index (κ3) is 3.17. The standard InChI is InChI=1S/C13H18FNO2/c1-10-8-11(2-3-12(10)14)17-9-13(16)4-6-15-7-5-13/h2-3,8,15-16H,4-7,9H2,1H3. The minimum Gasteiger partial charge on any atom is -0.491 e. The van der Waals surface area contributed by atoms with Crippen molar-refractivity contribution < 1.29 is 14.2 Å². The van der Waals surface area contributed by atoms with Crippen LogP contribution in [-0.4, -0.2) is 30.4 Å². The molecule has 0 unspecified atom stereocenters. The van der Waals surface area contributed by atoms with Crippen molar-refractivity contribution in [1.82, 2.24) is 5.32 Å². The molecule has 0 atom stereocenters. The number of hydrogen-bond acceptors (Lipinski definition) is 3. The summed E-state index contributed by atoms with van der Waals surface area (Å²) in [5.41, 5.74) is -0.201. The van der Waals surface area contributed by atoms with Crippen LogP contribution >= 0.6 is 0 Å². The number of nitrogens with one attached hydrogen (secondary N) is 1. The summed E-state index contributed by atoms with van der Waals surface area (Å²) in [6.07, 6.45) is 1.38. The molecule has 1 saturated heterocycles. The summed E-state index contributed by atoms with van der Waals surface area (Å²) in [5.74, 6) is 0.369. The van der Waals surface area contributed by atoms with Crippen molar-refractivity contribution in [2.24, 2.45) is 0 Å². The topological polar surface area (TPSA) is 41.5 Å². The number of aliphatic hydroxyl groups is 1. The summed E-state index contributed by atoms with van der Waals surface area (Å²) in [6.45, 7) is 3.58. The van der Waals surface area contributed by atoms with Crippen LogP contribution in [0.5, 0.6) is 5.75 Å². The summed E-state index contributed by atoms with van der Waals surface area (Å²) in [5, 5.41) is 13.4. The molecule has 4 heteroatoms. The van der Waals surface area contributed by atoms with Crippen LogP contribution in [-0.2, 0) is 0 Å². The highest BCUT2D eigenvalue weighted by Crippen LogP contribution is 2.21. The number of piperidine rings is 1. The summed E-state index contributed by atoms with van der Waals surface area (Å²) in [4.78, 5) is 0. The Hall–Kier alpha value is -1.13. The maximum atomic E-state index is 13.1. The van der Waals surface area contributed by atoms with E-state index in [2.05, 4.69) is 5.32 Å². The van der Waals surface area contributed by atoms with Crippen LogP contribution in [0.4, 0.5) is 4.39 Å². The summed E-state index contributed by atoms with van der Waals surface area (Å²) in [7, 11) is 0. The molecule has 17 heavy (non-hydrogen) atoms. The molecule has 1 aromatic rings.